The molecule has 2 aromatic heterocycles. The fourth-order valence-electron chi connectivity index (χ4n) is 3.62. The number of carbonyl (C=O) groups is 1. The van der Waals surface area contributed by atoms with Crippen LogP contribution in [0.1, 0.15) is 28.6 Å². The normalized spacial score (nSPS) is 23.7. The van der Waals surface area contributed by atoms with Gasteiger partial charge >= 0.3 is 0 Å². The Morgan fingerprint density at radius 2 is 2.05 bits per heavy atom. The van der Waals surface area contributed by atoms with Crippen LogP contribution in [0.15, 0.2) is 45.8 Å². The van der Waals surface area contributed by atoms with E-state index in [1.807, 2.05) is 21.6 Å². The van der Waals surface area contributed by atoms with Crippen LogP contribution in [0.3, 0.4) is 0 Å². The van der Waals surface area contributed by atoms with Crippen molar-refractivity contribution >= 4 is 5.91 Å². The summed E-state index contributed by atoms with van der Waals surface area (Å²) in [5, 5.41) is 0. The number of aromatic nitrogens is 1. The number of hydrogen-bond donors (Lipinski definition) is 0. The third-order valence-corrected chi connectivity index (χ3v) is 4.50. The molecule has 5 heteroatoms. The van der Waals surface area contributed by atoms with E-state index in [2.05, 4.69) is 0 Å². The lowest BCUT2D eigenvalue weighted by Crippen LogP contribution is -2.49. The molecule has 1 fully saturated rings. The van der Waals surface area contributed by atoms with E-state index >= 15 is 0 Å². The van der Waals surface area contributed by atoms with E-state index < -0.39 is 0 Å². The summed E-state index contributed by atoms with van der Waals surface area (Å²) in [6.07, 6.45) is 2.57. The summed E-state index contributed by atoms with van der Waals surface area (Å²) >= 11 is 0. The smallest absolute Gasteiger partial charge is 0.289 e. The first-order valence-corrected chi connectivity index (χ1v) is 7.25. The number of fused-ring (bicyclic) bond motifs is 4. The van der Waals surface area contributed by atoms with Gasteiger partial charge in [-0.2, -0.15) is 0 Å². The summed E-state index contributed by atoms with van der Waals surface area (Å²) in [6, 6.07) is 8.85. The molecule has 0 unspecified atom stereocenters. The van der Waals surface area contributed by atoms with Crippen LogP contribution in [0, 0.1) is 5.92 Å². The van der Waals surface area contributed by atoms with Crippen LogP contribution < -0.4 is 5.56 Å². The number of carbonyl (C=O) groups excluding carboxylic acids is 1. The Balaban J connectivity index is 1.65. The first kappa shape index (κ1) is 12.4. The van der Waals surface area contributed by atoms with Crippen molar-refractivity contribution in [3.8, 4) is 0 Å². The minimum Gasteiger partial charge on any atom is -0.459 e. The maximum absolute atomic E-state index is 12.4. The van der Waals surface area contributed by atoms with Crippen LogP contribution in [-0.2, 0) is 6.54 Å². The lowest BCUT2D eigenvalue weighted by Gasteiger charge is -2.42. The van der Waals surface area contributed by atoms with Crippen molar-refractivity contribution in [3.05, 3.63) is 58.4 Å². The summed E-state index contributed by atoms with van der Waals surface area (Å²) in [6.45, 7) is 2.05. The molecule has 0 aliphatic carbocycles. The summed E-state index contributed by atoms with van der Waals surface area (Å²) in [4.78, 5) is 26.3. The Morgan fingerprint density at radius 3 is 2.86 bits per heavy atom. The second-order valence-corrected chi connectivity index (χ2v) is 5.89. The van der Waals surface area contributed by atoms with Gasteiger partial charge in [0.1, 0.15) is 0 Å². The summed E-state index contributed by atoms with van der Waals surface area (Å²) in [7, 11) is 0. The number of amides is 1. The summed E-state index contributed by atoms with van der Waals surface area (Å²) in [5.74, 6) is 0.919. The summed E-state index contributed by atoms with van der Waals surface area (Å²) < 4.78 is 7.08. The molecule has 0 saturated carbocycles. The number of rotatable bonds is 1. The minimum absolute atomic E-state index is 0.0542. The van der Waals surface area contributed by atoms with E-state index in [4.69, 9.17) is 4.42 Å². The van der Waals surface area contributed by atoms with E-state index in [-0.39, 0.29) is 17.4 Å². The molecule has 2 aromatic rings. The number of hydrogen-bond acceptors (Lipinski definition) is 3. The van der Waals surface area contributed by atoms with Gasteiger partial charge in [-0.25, -0.2) is 0 Å². The molecule has 1 saturated heterocycles. The fraction of sp³-hybridized carbons (Fsp3) is 0.375. The van der Waals surface area contributed by atoms with Gasteiger partial charge in [-0.3, -0.25) is 9.59 Å². The Kier molecular flexibility index (Phi) is 2.74. The van der Waals surface area contributed by atoms with E-state index in [0.29, 0.717) is 31.3 Å². The Bertz CT molecular complexity index is 732. The number of pyridine rings is 1. The van der Waals surface area contributed by atoms with Crippen molar-refractivity contribution in [2.75, 3.05) is 13.1 Å². The Labute approximate surface area is 121 Å². The number of furan rings is 1. The van der Waals surface area contributed by atoms with Gasteiger partial charge in [-0.15, -0.1) is 0 Å². The van der Waals surface area contributed by atoms with Gasteiger partial charge in [-0.1, -0.05) is 6.07 Å². The molecule has 5 nitrogen and oxygen atoms in total. The molecule has 2 aliphatic rings. The molecule has 2 bridgehead atoms. The summed E-state index contributed by atoms with van der Waals surface area (Å²) in [5.41, 5.74) is 1.11. The van der Waals surface area contributed by atoms with E-state index in [1.165, 1.54) is 6.26 Å². The third kappa shape index (κ3) is 2.00. The van der Waals surface area contributed by atoms with E-state index in [1.54, 1.807) is 18.2 Å². The van der Waals surface area contributed by atoms with Gasteiger partial charge in [0.05, 0.1) is 6.26 Å². The predicted octanol–water partition coefficient (Wildman–Crippen LogP) is 1.70. The molecule has 4 heterocycles. The molecule has 1 amide bonds. The number of likely N-dealkylation sites (tertiary alicyclic amines) is 1. The van der Waals surface area contributed by atoms with Crippen molar-refractivity contribution < 1.29 is 9.21 Å². The van der Waals surface area contributed by atoms with Crippen molar-refractivity contribution in [1.29, 1.82) is 0 Å². The molecule has 0 spiro atoms. The zero-order chi connectivity index (χ0) is 14.4. The lowest BCUT2D eigenvalue weighted by molar-refractivity contribution is 0.0564. The van der Waals surface area contributed by atoms with Crippen LogP contribution in [0.4, 0.5) is 0 Å². The van der Waals surface area contributed by atoms with E-state index in [0.717, 1.165) is 12.1 Å². The molecule has 21 heavy (non-hydrogen) atoms. The molecule has 4 rings (SSSR count). The monoisotopic (exact) mass is 284 g/mol. The zero-order valence-electron chi connectivity index (χ0n) is 11.6. The second-order valence-electron chi connectivity index (χ2n) is 5.89. The highest BCUT2D eigenvalue weighted by molar-refractivity contribution is 5.91. The molecule has 0 radical (unpaired) electrons. The largest absolute Gasteiger partial charge is 0.459 e. The maximum Gasteiger partial charge on any atom is 0.289 e. The number of nitrogens with zero attached hydrogens (tertiary/aromatic N) is 2. The molecule has 108 valence electrons. The van der Waals surface area contributed by atoms with Crippen LogP contribution in [0.25, 0.3) is 0 Å². The molecule has 0 N–H and O–H groups in total. The van der Waals surface area contributed by atoms with Crippen LogP contribution in [-0.4, -0.2) is 28.5 Å². The van der Waals surface area contributed by atoms with Gasteiger partial charge in [0.15, 0.2) is 5.76 Å². The van der Waals surface area contributed by atoms with Crippen molar-refractivity contribution in [2.24, 2.45) is 5.92 Å². The molecular formula is C16H16N2O3. The zero-order valence-corrected chi connectivity index (χ0v) is 11.6. The van der Waals surface area contributed by atoms with Crippen molar-refractivity contribution in [3.63, 3.8) is 0 Å². The third-order valence-electron chi connectivity index (χ3n) is 4.50. The lowest BCUT2D eigenvalue weighted by atomic mass is 9.83. The average Bonchev–Trinajstić information content (AvgIpc) is 3.02. The maximum atomic E-state index is 12.4. The molecule has 2 atom stereocenters. The van der Waals surface area contributed by atoms with Gasteiger partial charge in [0, 0.05) is 37.3 Å². The van der Waals surface area contributed by atoms with Gasteiger partial charge in [0.2, 0.25) is 0 Å². The number of piperidine rings is 1. The SMILES string of the molecule is O=C(c1ccco1)N1C[C@H]2C[C@H](C1)c1cccc(=O)n1C2. The van der Waals surface area contributed by atoms with Crippen molar-refractivity contribution in [1.82, 2.24) is 9.47 Å². The highest BCUT2D eigenvalue weighted by atomic mass is 16.3. The quantitative estimate of drug-likeness (QED) is 0.801. The first-order chi connectivity index (χ1) is 10.2. The average molecular weight is 284 g/mol. The Morgan fingerprint density at radius 1 is 1.14 bits per heavy atom. The molecule has 0 aromatic carbocycles. The Hall–Kier alpha value is -2.30. The van der Waals surface area contributed by atoms with Crippen molar-refractivity contribution in [2.45, 2.75) is 18.9 Å². The van der Waals surface area contributed by atoms with Gasteiger partial charge in [-0.05, 0) is 30.5 Å². The first-order valence-electron chi connectivity index (χ1n) is 7.25. The highest BCUT2D eigenvalue weighted by Gasteiger charge is 2.36. The highest BCUT2D eigenvalue weighted by Crippen LogP contribution is 2.35. The van der Waals surface area contributed by atoms with Crippen LogP contribution >= 0.6 is 0 Å². The van der Waals surface area contributed by atoms with Gasteiger partial charge in [0.25, 0.3) is 11.5 Å². The standard InChI is InChI=1S/C16H16N2O3/c19-15-5-1-3-13-12-7-11(9-18(13)15)8-17(10-12)16(20)14-4-2-6-21-14/h1-6,11-12H,7-10H2/t11-,12-/m1/s1. The minimum atomic E-state index is -0.0542. The molecule has 2 aliphatic heterocycles. The van der Waals surface area contributed by atoms with Crippen LogP contribution in [0.5, 0.6) is 0 Å². The van der Waals surface area contributed by atoms with Gasteiger partial charge < -0.3 is 13.9 Å². The molecular weight excluding hydrogens is 268 g/mol. The topological polar surface area (TPSA) is 55.5 Å². The van der Waals surface area contributed by atoms with E-state index in [9.17, 15) is 9.59 Å². The van der Waals surface area contributed by atoms with Crippen LogP contribution in [0.2, 0.25) is 0 Å². The predicted molar refractivity (Wildman–Crippen MR) is 76.2 cm³/mol. The second kappa shape index (κ2) is 4.62. The fourth-order valence-corrected chi connectivity index (χ4v) is 3.62.